The Bertz CT molecular complexity index is 519. The summed E-state index contributed by atoms with van der Waals surface area (Å²) in [5.41, 5.74) is -0.773. The monoisotopic (exact) mass is 283 g/mol. The Balaban J connectivity index is 2.06. The molecule has 0 aliphatic heterocycles. The fourth-order valence-electron chi connectivity index (χ4n) is 2.38. The summed E-state index contributed by atoms with van der Waals surface area (Å²) in [6.07, 6.45) is 3.76. The van der Waals surface area contributed by atoms with E-state index in [0.717, 1.165) is 12.8 Å². The lowest BCUT2D eigenvalue weighted by Gasteiger charge is -2.25. The van der Waals surface area contributed by atoms with Gasteiger partial charge in [-0.15, -0.1) is 0 Å². The molecule has 7 heteroatoms. The average Bonchev–Trinajstić information content (AvgIpc) is 2.82. The number of likely N-dealkylation sites (N-methyl/N-ethyl adjacent to an activating group) is 1. The largest absolute Gasteiger partial charge is 0.468 e. The Morgan fingerprint density at radius 2 is 2.47 bits per heavy atom. The lowest BCUT2D eigenvalue weighted by molar-refractivity contribution is -0.148. The Morgan fingerprint density at radius 1 is 1.68 bits per heavy atom. The van der Waals surface area contributed by atoms with Gasteiger partial charge in [-0.2, -0.15) is 0 Å². The topological polar surface area (TPSA) is 84.1 Å². The molecule has 0 amide bonds. The van der Waals surface area contributed by atoms with Crippen molar-refractivity contribution in [2.45, 2.75) is 35.2 Å². The standard InChI is InChI=1S/C12H17N3O3S/c1-13-12(10(17)18-2)5-3-8(7-12)19-11-14-6-4-9(16)15-11/h4,6,8,13H,3,5,7H2,1-2H3,(H,14,15,16). The molecule has 0 aromatic carbocycles. The summed E-state index contributed by atoms with van der Waals surface area (Å²) >= 11 is 1.50. The minimum Gasteiger partial charge on any atom is -0.468 e. The molecule has 1 aromatic heterocycles. The summed E-state index contributed by atoms with van der Waals surface area (Å²) in [6.45, 7) is 0. The molecule has 2 atom stereocenters. The molecule has 1 aromatic rings. The van der Waals surface area contributed by atoms with Crippen LogP contribution >= 0.6 is 11.8 Å². The van der Waals surface area contributed by atoms with Gasteiger partial charge in [-0.1, -0.05) is 11.8 Å². The van der Waals surface area contributed by atoms with Gasteiger partial charge in [-0.3, -0.25) is 9.59 Å². The number of hydrogen-bond acceptors (Lipinski definition) is 6. The second kappa shape index (κ2) is 5.75. The van der Waals surface area contributed by atoms with Gasteiger partial charge < -0.3 is 15.0 Å². The SMILES string of the molecule is CNC1(C(=O)OC)CCC(Sc2nccc(=O)[nH]2)C1. The van der Waals surface area contributed by atoms with Gasteiger partial charge in [0.15, 0.2) is 5.16 Å². The van der Waals surface area contributed by atoms with Crippen LogP contribution in [0.1, 0.15) is 19.3 Å². The van der Waals surface area contributed by atoms with Gasteiger partial charge in [0.2, 0.25) is 0 Å². The summed E-state index contributed by atoms with van der Waals surface area (Å²) in [6, 6.07) is 1.38. The number of aromatic nitrogens is 2. The van der Waals surface area contributed by atoms with Crippen molar-refractivity contribution in [3.05, 3.63) is 22.6 Å². The number of thioether (sulfide) groups is 1. The highest BCUT2D eigenvalue weighted by atomic mass is 32.2. The highest BCUT2D eigenvalue weighted by Crippen LogP contribution is 2.39. The smallest absolute Gasteiger partial charge is 0.326 e. The van der Waals surface area contributed by atoms with Crippen LogP contribution in [0.5, 0.6) is 0 Å². The Kier molecular flexibility index (Phi) is 4.26. The number of aromatic amines is 1. The first-order chi connectivity index (χ1) is 9.09. The number of nitrogens with zero attached hydrogens (tertiary/aromatic N) is 1. The molecule has 6 nitrogen and oxygen atoms in total. The summed E-state index contributed by atoms with van der Waals surface area (Å²) < 4.78 is 4.86. The Labute approximate surface area is 115 Å². The number of rotatable bonds is 4. The molecule has 1 saturated carbocycles. The van der Waals surface area contributed by atoms with E-state index in [1.165, 1.54) is 31.1 Å². The molecule has 2 unspecified atom stereocenters. The number of carbonyl (C=O) groups excluding carboxylic acids is 1. The zero-order valence-corrected chi connectivity index (χ0v) is 11.8. The average molecular weight is 283 g/mol. The fourth-order valence-corrected chi connectivity index (χ4v) is 3.58. The molecule has 2 N–H and O–H groups in total. The van der Waals surface area contributed by atoms with Crippen molar-refractivity contribution < 1.29 is 9.53 Å². The van der Waals surface area contributed by atoms with Crippen LogP contribution in [0.4, 0.5) is 0 Å². The van der Waals surface area contributed by atoms with Gasteiger partial charge in [0.25, 0.3) is 5.56 Å². The van der Waals surface area contributed by atoms with Crippen LogP contribution in [-0.2, 0) is 9.53 Å². The Morgan fingerprint density at radius 3 is 3.11 bits per heavy atom. The predicted octanol–water partition coefficient (Wildman–Crippen LogP) is 0.546. The highest BCUT2D eigenvalue weighted by Gasteiger charge is 2.45. The van der Waals surface area contributed by atoms with E-state index in [2.05, 4.69) is 15.3 Å². The van der Waals surface area contributed by atoms with Crippen molar-refractivity contribution in [3.8, 4) is 0 Å². The molecular formula is C12H17N3O3S. The third-order valence-electron chi connectivity index (χ3n) is 3.45. The van der Waals surface area contributed by atoms with E-state index in [4.69, 9.17) is 4.74 Å². The number of carbonyl (C=O) groups is 1. The lowest BCUT2D eigenvalue weighted by atomic mass is 9.98. The van der Waals surface area contributed by atoms with Gasteiger partial charge in [0.1, 0.15) is 5.54 Å². The summed E-state index contributed by atoms with van der Waals surface area (Å²) in [7, 11) is 3.17. The van der Waals surface area contributed by atoms with Crippen molar-refractivity contribution in [1.29, 1.82) is 0 Å². The molecule has 0 spiro atoms. The van der Waals surface area contributed by atoms with E-state index in [0.29, 0.717) is 11.6 Å². The molecule has 104 valence electrons. The molecule has 0 radical (unpaired) electrons. The maximum atomic E-state index is 11.9. The van der Waals surface area contributed by atoms with E-state index in [9.17, 15) is 9.59 Å². The van der Waals surface area contributed by atoms with Gasteiger partial charge in [-0.25, -0.2) is 4.98 Å². The molecule has 0 saturated heterocycles. The van der Waals surface area contributed by atoms with Crippen LogP contribution in [-0.4, -0.2) is 40.9 Å². The third-order valence-corrected chi connectivity index (χ3v) is 4.62. The van der Waals surface area contributed by atoms with Crippen LogP contribution in [0.15, 0.2) is 22.2 Å². The molecule has 1 fully saturated rings. The van der Waals surface area contributed by atoms with Gasteiger partial charge in [-0.05, 0) is 26.3 Å². The van der Waals surface area contributed by atoms with Gasteiger partial charge in [0.05, 0.1) is 7.11 Å². The highest BCUT2D eigenvalue weighted by molar-refractivity contribution is 7.99. The van der Waals surface area contributed by atoms with Crippen LogP contribution in [0.2, 0.25) is 0 Å². The number of nitrogens with one attached hydrogen (secondary N) is 2. The summed E-state index contributed by atoms with van der Waals surface area (Å²) in [5.74, 6) is -0.229. The van der Waals surface area contributed by atoms with E-state index >= 15 is 0 Å². The molecule has 2 rings (SSSR count). The summed E-state index contributed by atoms with van der Waals surface area (Å²) in [5, 5.41) is 3.90. The normalized spacial score (nSPS) is 26.3. The molecule has 19 heavy (non-hydrogen) atoms. The van der Waals surface area contributed by atoms with E-state index < -0.39 is 5.54 Å². The van der Waals surface area contributed by atoms with E-state index in [1.54, 1.807) is 7.05 Å². The van der Waals surface area contributed by atoms with Crippen LogP contribution in [0, 0.1) is 0 Å². The van der Waals surface area contributed by atoms with Crippen molar-refractivity contribution >= 4 is 17.7 Å². The van der Waals surface area contributed by atoms with Crippen LogP contribution < -0.4 is 10.9 Å². The fraction of sp³-hybridized carbons (Fsp3) is 0.583. The minimum atomic E-state index is -0.610. The third kappa shape index (κ3) is 2.98. The molecule has 0 bridgehead atoms. The second-order valence-electron chi connectivity index (χ2n) is 4.55. The molecule has 1 aliphatic rings. The quantitative estimate of drug-likeness (QED) is 0.620. The first-order valence-electron chi connectivity index (χ1n) is 6.09. The lowest BCUT2D eigenvalue weighted by Crippen LogP contribution is -2.49. The Hall–Kier alpha value is -1.34. The number of methoxy groups -OCH3 is 1. The maximum Gasteiger partial charge on any atom is 0.326 e. The number of H-pyrrole nitrogens is 1. The summed E-state index contributed by atoms with van der Waals surface area (Å²) in [4.78, 5) is 29.9. The van der Waals surface area contributed by atoms with Gasteiger partial charge >= 0.3 is 5.97 Å². The maximum absolute atomic E-state index is 11.9. The van der Waals surface area contributed by atoms with E-state index in [1.807, 2.05) is 0 Å². The van der Waals surface area contributed by atoms with Crippen molar-refractivity contribution in [2.75, 3.05) is 14.2 Å². The number of hydrogen-bond donors (Lipinski definition) is 2. The molecular weight excluding hydrogens is 266 g/mol. The molecule has 1 aliphatic carbocycles. The second-order valence-corrected chi connectivity index (χ2v) is 5.83. The van der Waals surface area contributed by atoms with Crippen molar-refractivity contribution in [2.24, 2.45) is 0 Å². The van der Waals surface area contributed by atoms with Crippen molar-refractivity contribution in [3.63, 3.8) is 0 Å². The first-order valence-corrected chi connectivity index (χ1v) is 6.97. The minimum absolute atomic E-state index is 0.164. The first kappa shape index (κ1) is 14.1. The van der Waals surface area contributed by atoms with Gasteiger partial charge in [0, 0.05) is 17.5 Å². The van der Waals surface area contributed by atoms with Crippen LogP contribution in [0.25, 0.3) is 0 Å². The molecule has 1 heterocycles. The van der Waals surface area contributed by atoms with E-state index in [-0.39, 0.29) is 16.8 Å². The van der Waals surface area contributed by atoms with Crippen LogP contribution in [0.3, 0.4) is 0 Å². The van der Waals surface area contributed by atoms with Crippen molar-refractivity contribution in [1.82, 2.24) is 15.3 Å². The zero-order chi connectivity index (χ0) is 13.9. The number of esters is 1. The predicted molar refractivity (Wildman–Crippen MR) is 72.2 cm³/mol. The number of ether oxygens (including phenoxy) is 1. The zero-order valence-electron chi connectivity index (χ0n) is 10.9.